The fourth-order valence-electron chi connectivity index (χ4n) is 6.08. The molecule has 146 valence electrons. The van der Waals surface area contributed by atoms with E-state index in [4.69, 9.17) is 0 Å². The van der Waals surface area contributed by atoms with Crippen molar-refractivity contribution in [1.29, 1.82) is 0 Å². The van der Waals surface area contributed by atoms with Crippen LogP contribution in [0, 0.1) is 5.41 Å². The van der Waals surface area contributed by atoms with Gasteiger partial charge < -0.3 is 10.2 Å². The Morgan fingerprint density at radius 2 is 2.00 bits per heavy atom. The third-order valence-corrected chi connectivity index (χ3v) is 7.44. The Bertz CT molecular complexity index is 839. The molecule has 4 heteroatoms. The highest BCUT2D eigenvalue weighted by Crippen LogP contribution is 2.51. The molecule has 1 aromatic carbocycles. The second kappa shape index (κ2) is 7.00. The number of rotatable bonds is 3. The van der Waals surface area contributed by atoms with E-state index in [1.54, 1.807) is 12.4 Å². The smallest absolute Gasteiger partial charge is 0.256 e. The zero-order valence-electron chi connectivity index (χ0n) is 16.6. The normalized spacial score (nSPS) is 34.1. The van der Waals surface area contributed by atoms with Crippen LogP contribution in [-0.4, -0.2) is 40.0 Å². The maximum Gasteiger partial charge on any atom is 0.256 e. The molecule has 2 aliphatic heterocycles. The number of amides is 1. The van der Waals surface area contributed by atoms with E-state index < -0.39 is 0 Å². The van der Waals surface area contributed by atoms with Crippen molar-refractivity contribution in [2.45, 2.75) is 69.6 Å². The summed E-state index contributed by atoms with van der Waals surface area (Å²) in [5.74, 6) is 0.152. The third kappa shape index (κ3) is 2.86. The van der Waals surface area contributed by atoms with Gasteiger partial charge in [0.1, 0.15) is 0 Å². The molecule has 1 aromatic heterocycles. The molecule has 4 nitrogen and oxygen atoms in total. The van der Waals surface area contributed by atoms with Crippen molar-refractivity contribution in [3.8, 4) is 0 Å². The number of carbonyl (C=O) groups excluding carboxylic acids is 1. The van der Waals surface area contributed by atoms with Crippen LogP contribution >= 0.6 is 0 Å². The Morgan fingerprint density at radius 1 is 1.18 bits per heavy atom. The molecule has 1 aliphatic carbocycles. The fourth-order valence-corrected chi connectivity index (χ4v) is 6.08. The molecule has 5 atom stereocenters. The summed E-state index contributed by atoms with van der Waals surface area (Å²) >= 11 is 0. The summed E-state index contributed by atoms with van der Waals surface area (Å²) in [6.45, 7) is 2.42. The molecule has 28 heavy (non-hydrogen) atoms. The minimum absolute atomic E-state index is 0.152. The lowest BCUT2D eigenvalue weighted by atomic mass is 9.69. The molecular formula is C24H29N3O. The van der Waals surface area contributed by atoms with E-state index in [0.29, 0.717) is 23.7 Å². The van der Waals surface area contributed by atoms with Crippen LogP contribution in [-0.2, 0) is 6.42 Å². The average molecular weight is 376 g/mol. The first-order valence-corrected chi connectivity index (χ1v) is 10.7. The molecule has 3 aliphatic rings. The molecule has 5 rings (SSSR count). The van der Waals surface area contributed by atoms with Crippen molar-refractivity contribution in [2.75, 3.05) is 0 Å². The predicted octanol–water partition coefficient (Wildman–Crippen LogP) is 3.83. The first-order chi connectivity index (χ1) is 13.7. The van der Waals surface area contributed by atoms with Gasteiger partial charge in [0.05, 0.1) is 11.6 Å². The lowest BCUT2D eigenvalue weighted by Gasteiger charge is -2.51. The maximum atomic E-state index is 13.7. The summed E-state index contributed by atoms with van der Waals surface area (Å²) < 4.78 is 0. The Hall–Kier alpha value is -2.20. The van der Waals surface area contributed by atoms with Crippen molar-refractivity contribution in [1.82, 2.24) is 15.2 Å². The molecule has 0 spiro atoms. The first-order valence-electron chi connectivity index (χ1n) is 10.7. The number of carbonyl (C=O) groups is 1. The van der Waals surface area contributed by atoms with Crippen LogP contribution < -0.4 is 5.32 Å². The second-order valence-electron chi connectivity index (χ2n) is 9.05. The van der Waals surface area contributed by atoms with Crippen LogP contribution in [0.3, 0.4) is 0 Å². The van der Waals surface area contributed by atoms with E-state index in [9.17, 15) is 4.79 Å². The van der Waals surface area contributed by atoms with Gasteiger partial charge in [-0.2, -0.15) is 0 Å². The Labute approximate surface area is 167 Å². The highest BCUT2D eigenvalue weighted by Gasteiger charge is 2.59. The van der Waals surface area contributed by atoms with Crippen molar-refractivity contribution in [2.24, 2.45) is 5.41 Å². The topological polar surface area (TPSA) is 45.2 Å². The number of hydrogen-bond acceptors (Lipinski definition) is 3. The highest BCUT2D eigenvalue weighted by molar-refractivity contribution is 5.94. The van der Waals surface area contributed by atoms with Gasteiger partial charge in [-0.05, 0) is 43.4 Å². The molecule has 1 amide bonds. The first kappa shape index (κ1) is 17.9. The number of fused-ring (bicyclic) bond motifs is 1. The maximum absolute atomic E-state index is 13.7. The molecule has 2 aromatic rings. The largest absolute Gasteiger partial charge is 0.330 e. The van der Waals surface area contributed by atoms with Crippen LogP contribution in [0.4, 0.5) is 0 Å². The second-order valence-corrected chi connectivity index (χ2v) is 9.05. The zero-order chi connectivity index (χ0) is 19.1. The van der Waals surface area contributed by atoms with Gasteiger partial charge in [-0.1, -0.05) is 50.1 Å². The van der Waals surface area contributed by atoms with Gasteiger partial charge in [0.15, 0.2) is 0 Å². The number of benzene rings is 1. The van der Waals surface area contributed by atoms with Gasteiger partial charge in [0.25, 0.3) is 5.91 Å². The van der Waals surface area contributed by atoms with Crippen LogP contribution in [0.25, 0.3) is 0 Å². The number of pyridine rings is 1. The number of piperidine rings is 1. The molecule has 2 bridgehead atoms. The SMILES string of the molecule is C[C@]12C[C@@H]3N[C@H]1CCCC[C@H]2N(C(=O)c1cccnc1)[C@H]3Cc1ccccc1. The highest BCUT2D eigenvalue weighted by atomic mass is 16.2. The average Bonchev–Trinajstić information content (AvgIpc) is 2.94. The van der Waals surface area contributed by atoms with E-state index in [-0.39, 0.29) is 17.4 Å². The van der Waals surface area contributed by atoms with Gasteiger partial charge in [0, 0.05) is 35.9 Å². The molecule has 2 saturated heterocycles. The van der Waals surface area contributed by atoms with Crippen LogP contribution in [0.5, 0.6) is 0 Å². The molecule has 1 N–H and O–H groups in total. The van der Waals surface area contributed by atoms with Crippen molar-refractivity contribution < 1.29 is 4.79 Å². The van der Waals surface area contributed by atoms with Gasteiger partial charge in [0.2, 0.25) is 0 Å². The summed E-state index contributed by atoms with van der Waals surface area (Å²) in [4.78, 5) is 20.2. The van der Waals surface area contributed by atoms with Gasteiger partial charge >= 0.3 is 0 Å². The lowest BCUT2D eigenvalue weighted by Crippen LogP contribution is -2.61. The molecule has 0 radical (unpaired) electrons. The molecule has 0 unspecified atom stereocenters. The van der Waals surface area contributed by atoms with E-state index in [0.717, 1.165) is 12.8 Å². The standard InChI is InChI=1S/C24H29N3O/c1-24-15-19-20(14-17-8-3-2-4-9-17)27(23(28)18-10-7-13-25-16-18)22(24)12-6-5-11-21(24)26-19/h2-4,7-10,13,16,19-22,26H,5-6,11-12,14-15H2,1H3/t19-,20-,21-,22+,24-/m0/s1. The van der Waals surface area contributed by atoms with E-state index in [2.05, 4.69) is 52.5 Å². The van der Waals surface area contributed by atoms with E-state index >= 15 is 0 Å². The minimum atomic E-state index is 0.152. The van der Waals surface area contributed by atoms with Crippen LogP contribution in [0.1, 0.15) is 54.9 Å². The Balaban J connectivity index is 1.56. The summed E-state index contributed by atoms with van der Waals surface area (Å²) in [6, 6.07) is 15.8. The van der Waals surface area contributed by atoms with Gasteiger partial charge in [-0.25, -0.2) is 0 Å². The van der Waals surface area contributed by atoms with E-state index in [1.165, 1.54) is 31.2 Å². The number of nitrogens with one attached hydrogen (secondary N) is 1. The lowest BCUT2D eigenvalue weighted by molar-refractivity contribution is 0.00312. The van der Waals surface area contributed by atoms with Crippen molar-refractivity contribution in [3.05, 3.63) is 66.0 Å². The summed E-state index contributed by atoms with van der Waals surface area (Å²) in [5.41, 5.74) is 2.19. The molecular weight excluding hydrogens is 346 g/mol. The molecule has 3 heterocycles. The van der Waals surface area contributed by atoms with Crippen molar-refractivity contribution in [3.63, 3.8) is 0 Å². The number of nitrogens with zero attached hydrogens (tertiary/aromatic N) is 2. The number of likely N-dealkylation sites (tertiary alicyclic amines) is 1. The van der Waals surface area contributed by atoms with Crippen LogP contribution in [0.2, 0.25) is 0 Å². The molecule has 3 fully saturated rings. The van der Waals surface area contributed by atoms with Crippen LogP contribution in [0.15, 0.2) is 54.9 Å². The number of aromatic nitrogens is 1. The Kier molecular flexibility index (Phi) is 4.47. The fraction of sp³-hybridized carbons (Fsp3) is 0.500. The minimum Gasteiger partial charge on any atom is -0.330 e. The summed E-state index contributed by atoms with van der Waals surface area (Å²) in [7, 11) is 0. The Morgan fingerprint density at radius 3 is 2.79 bits per heavy atom. The third-order valence-electron chi connectivity index (χ3n) is 7.44. The monoisotopic (exact) mass is 375 g/mol. The summed E-state index contributed by atoms with van der Waals surface area (Å²) in [5, 5.41) is 3.96. The quantitative estimate of drug-likeness (QED) is 0.887. The molecule has 1 saturated carbocycles. The van der Waals surface area contributed by atoms with Gasteiger partial charge in [-0.3, -0.25) is 9.78 Å². The zero-order valence-corrected chi connectivity index (χ0v) is 16.6. The van der Waals surface area contributed by atoms with Crippen molar-refractivity contribution >= 4 is 5.91 Å². The van der Waals surface area contributed by atoms with E-state index in [1.807, 2.05) is 12.1 Å². The van der Waals surface area contributed by atoms with Gasteiger partial charge in [-0.15, -0.1) is 0 Å². The number of hydrogen-bond donors (Lipinski definition) is 1. The summed E-state index contributed by atoms with van der Waals surface area (Å²) in [6.07, 6.45) is 10.4. The predicted molar refractivity (Wildman–Crippen MR) is 110 cm³/mol.